The highest BCUT2D eigenvalue weighted by Gasteiger charge is 2.11. The minimum atomic E-state index is -0.185. The normalized spacial score (nSPS) is 10.2. The zero-order chi connectivity index (χ0) is 13.1. The van der Waals surface area contributed by atoms with E-state index in [0.29, 0.717) is 16.3 Å². The van der Waals surface area contributed by atoms with Crippen molar-refractivity contribution in [2.45, 2.75) is 6.92 Å². The summed E-state index contributed by atoms with van der Waals surface area (Å²) in [6.45, 7) is 1.95. The summed E-state index contributed by atoms with van der Waals surface area (Å²) in [5.74, 6) is -0.185. The van der Waals surface area contributed by atoms with E-state index in [1.165, 1.54) is 0 Å². The Bertz CT molecular complexity index is 598. The summed E-state index contributed by atoms with van der Waals surface area (Å²) >= 11 is 9.39. The number of amides is 1. The van der Waals surface area contributed by atoms with E-state index < -0.39 is 0 Å². The van der Waals surface area contributed by atoms with Crippen LogP contribution in [0.4, 0.5) is 5.69 Å². The summed E-state index contributed by atoms with van der Waals surface area (Å²) in [4.78, 5) is 12.1. The number of anilines is 1. The molecule has 2 rings (SSSR count). The lowest BCUT2D eigenvalue weighted by Gasteiger charge is -2.09. The first-order valence-corrected chi connectivity index (χ1v) is 6.57. The van der Waals surface area contributed by atoms with Crippen molar-refractivity contribution >= 4 is 39.1 Å². The van der Waals surface area contributed by atoms with Crippen molar-refractivity contribution < 1.29 is 4.79 Å². The maximum Gasteiger partial charge on any atom is 0.256 e. The number of aryl methyl sites for hydroxylation is 1. The van der Waals surface area contributed by atoms with E-state index in [9.17, 15) is 4.79 Å². The summed E-state index contributed by atoms with van der Waals surface area (Å²) in [5, 5.41) is 3.34. The molecule has 0 unspecified atom stereocenters. The van der Waals surface area contributed by atoms with Gasteiger partial charge in [0.1, 0.15) is 0 Å². The molecule has 1 amide bonds. The Kier molecular flexibility index (Phi) is 4.04. The van der Waals surface area contributed by atoms with Gasteiger partial charge in [-0.15, -0.1) is 0 Å². The van der Waals surface area contributed by atoms with Crippen molar-refractivity contribution in [2.75, 3.05) is 5.32 Å². The first-order valence-electron chi connectivity index (χ1n) is 5.40. The molecule has 0 saturated heterocycles. The Morgan fingerprint density at radius 3 is 2.67 bits per heavy atom. The van der Waals surface area contributed by atoms with Crippen molar-refractivity contribution in [2.24, 2.45) is 0 Å². The Labute approximate surface area is 119 Å². The van der Waals surface area contributed by atoms with E-state index in [4.69, 9.17) is 11.6 Å². The highest BCUT2D eigenvalue weighted by atomic mass is 79.9. The second kappa shape index (κ2) is 5.55. The van der Waals surface area contributed by atoms with Crippen LogP contribution in [0.15, 0.2) is 46.9 Å². The summed E-state index contributed by atoms with van der Waals surface area (Å²) < 4.78 is 0.756. The highest BCUT2D eigenvalue weighted by Crippen LogP contribution is 2.24. The third-order valence-corrected chi connectivity index (χ3v) is 3.51. The van der Waals surface area contributed by atoms with E-state index in [1.807, 2.05) is 37.3 Å². The third kappa shape index (κ3) is 2.92. The van der Waals surface area contributed by atoms with Gasteiger partial charge in [-0.25, -0.2) is 0 Å². The predicted molar refractivity (Wildman–Crippen MR) is 78.3 cm³/mol. The van der Waals surface area contributed by atoms with Crippen molar-refractivity contribution in [1.29, 1.82) is 0 Å². The van der Waals surface area contributed by atoms with E-state index >= 15 is 0 Å². The van der Waals surface area contributed by atoms with Crippen LogP contribution in [0.3, 0.4) is 0 Å². The molecular formula is C14H11BrClNO. The van der Waals surface area contributed by atoms with Gasteiger partial charge >= 0.3 is 0 Å². The van der Waals surface area contributed by atoms with Gasteiger partial charge in [0.2, 0.25) is 0 Å². The van der Waals surface area contributed by atoms with Crippen LogP contribution in [0, 0.1) is 6.92 Å². The summed E-state index contributed by atoms with van der Waals surface area (Å²) in [6.07, 6.45) is 0. The SMILES string of the molecule is Cc1ccc(Cl)c(NC(=O)c2ccccc2Br)c1. The molecule has 0 aliphatic carbocycles. The molecular weight excluding hydrogens is 314 g/mol. The van der Waals surface area contributed by atoms with Crippen LogP contribution < -0.4 is 5.32 Å². The van der Waals surface area contributed by atoms with E-state index in [0.717, 1.165) is 10.0 Å². The average molecular weight is 325 g/mol. The summed E-state index contributed by atoms with van der Waals surface area (Å²) in [6, 6.07) is 12.8. The predicted octanol–water partition coefficient (Wildman–Crippen LogP) is 4.66. The first kappa shape index (κ1) is 13.1. The Morgan fingerprint density at radius 1 is 1.22 bits per heavy atom. The quantitative estimate of drug-likeness (QED) is 0.855. The number of halogens is 2. The van der Waals surface area contributed by atoms with Gasteiger partial charge in [0, 0.05) is 4.47 Å². The van der Waals surface area contributed by atoms with Crippen molar-refractivity contribution in [1.82, 2.24) is 0 Å². The molecule has 92 valence electrons. The zero-order valence-electron chi connectivity index (χ0n) is 9.71. The van der Waals surface area contributed by atoms with Gasteiger partial charge in [0.15, 0.2) is 0 Å². The fourth-order valence-electron chi connectivity index (χ4n) is 1.57. The number of nitrogens with one attached hydrogen (secondary N) is 1. The van der Waals surface area contributed by atoms with Crippen LogP contribution in [-0.2, 0) is 0 Å². The van der Waals surface area contributed by atoms with Crippen LogP contribution in [0.5, 0.6) is 0 Å². The molecule has 0 bridgehead atoms. The van der Waals surface area contributed by atoms with E-state index in [1.54, 1.807) is 12.1 Å². The number of carbonyl (C=O) groups is 1. The van der Waals surface area contributed by atoms with Crippen molar-refractivity contribution in [3.63, 3.8) is 0 Å². The van der Waals surface area contributed by atoms with E-state index in [2.05, 4.69) is 21.2 Å². The molecule has 4 heteroatoms. The summed E-state index contributed by atoms with van der Waals surface area (Å²) in [5.41, 5.74) is 2.24. The molecule has 0 aromatic heterocycles. The second-order valence-corrected chi connectivity index (χ2v) is 5.18. The maximum atomic E-state index is 12.1. The number of carbonyl (C=O) groups excluding carboxylic acids is 1. The topological polar surface area (TPSA) is 29.1 Å². The molecule has 0 spiro atoms. The largest absolute Gasteiger partial charge is 0.321 e. The molecule has 0 aliphatic rings. The van der Waals surface area contributed by atoms with Gasteiger partial charge in [-0.3, -0.25) is 4.79 Å². The fraction of sp³-hybridized carbons (Fsp3) is 0.0714. The molecule has 0 atom stereocenters. The van der Waals surface area contributed by atoms with Gasteiger partial charge in [-0.05, 0) is 52.7 Å². The van der Waals surface area contributed by atoms with Gasteiger partial charge < -0.3 is 5.32 Å². The standard InChI is InChI=1S/C14H11BrClNO/c1-9-6-7-12(16)13(8-9)17-14(18)10-4-2-3-5-11(10)15/h2-8H,1H3,(H,17,18). The van der Waals surface area contributed by atoms with E-state index in [-0.39, 0.29) is 5.91 Å². The molecule has 0 saturated carbocycles. The lowest BCUT2D eigenvalue weighted by Crippen LogP contribution is -2.12. The monoisotopic (exact) mass is 323 g/mol. The molecule has 2 aromatic rings. The van der Waals surface area contributed by atoms with Gasteiger partial charge in [-0.1, -0.05) is 29.8 Å². The smallest absolute Gasteiger partial charge is 0.256 e. The maximum absolute atomic E-state index is 12.1. The minimum absolute atomic E-state index is 0.185. The molecule has 1 N–H and O–H groups in total. The van der Waals surface area contributed by atoms with Crippen LogP contribution in [0.2, 0.25) is 5.02 Å². The second-order valence-electron chi connectivity index (χ2n) is 3.92. The molecule has 2 nitrogen and oxygen atoms in total. The van der Waals surface area contributed by atoms with Gasteiger partial charge in [0.05, 0.1) is 16.3 Å². The zero-order valence-corrected chi connectivity index (χ0v) is 12.0. The highest BCUT2D eigenvalue weighted by molar-refractivity contribution is 9.10. The van der Waals surface area contributed by atoms with Crippen molar-refractivity contribution in [3.05, 3.63) is 63.1 Å². The molecule has 0 aliphatic heterocycles. The summed E-state index contributed by atoms with van der Waals surface area (Å²) in [7, 11) is 0. The minimum Gasteiger partial charge on any atom is -0.321 e. The average Bonchev–Trinajstić information content (AvgIpc) is 2.34. The van der Waals surface area contributed by atoms with Gasteiger partial charge in [-0.2, -0.15) is 0 Å². The molecule has 0 heterocycles. The Balaban J connectivity index is 2.27. The lowest BCUT2D eigenvalue weighted by molar-refractivity contribution is 0.102. The van der Waals surface area contributed by atoms with Crippen molar-refractivity contribution in [3.8, 4) is 0 Å². The number of benzene rings is 2. The van der Waals surface area contributed by atoms with Crippen LogP contribution in [0.25, 0.3) is 0 Å². The van der Waals surface area contributed by atoms with Crippen LogP contribution in [-0.4, -0.2) is 5.91 Å². The lowest BCUT2D eigenvalue weighted by atomic mass is 10.2. The van der Waals surface area contributed by atoms with Gasteiger partial charge in [0.25, 0.3) is 5.91 Å². The molecule has 0 fully saturated rings. The number of rotatable bonds is 2. The Hall–Kier alpha value is -1.32. The molecule has 18 heavy (non-hydrogen) atoms. The molecule has 0 radical (unpaired) electrons. The van der Waals surface area contributed by atoms with Crippen LogP contribution in [0.1, 0.15) is 15.9 Å². The van der Waals surface area contributed by atoms with Crippen LogP contribution >= 0.6 is 27.5 Å². The first-order chi connectivity index (χ1) is 8.58. The molecule has 2 aromatic carbocycles. The number of hydrogen-bond acceptors (Lipinski definition) is 1. The Morgan fingerprint density at radius 2 is 1.94 bits per heavy atom. The fourth-order valence-corrected chi connectivity index (χ4v) is 2.20. The third-order valence-electron chi connectivity index (χ3n) is 2.49. The number of hydrogen-bond donors (Lipinski definition) is 1.